The molecule has 3 rings (SSSR count). The molecular formula is C20H23N5OS. The van der Waals surface area contributed by atoms with Gasteiger partial charge in [-0.2, -0.15) is 5.10 Å². The molecule has 1 amide bonds. The van der Waals surface area contributed by atoms with Crippen LogP contribution >= 0.6 is 11.3 Å². The van der Waals surface area contributed by atoms with Gasteiger partial charge in [-0.15, -0.1) is 11.3 Å². The van der Waals surface area contributed by atoms with E-state index in [9.17, 15) is 4.79 Å². The number of aromatic nitrogens is 4. The summed E-state index contributed by atoms with van der Waals surface area (Å²) in [4.78, 5) is 21.1. The van der Waals surface area contributed by atoms with Crippen LogP contribution < -0.4 is 5.32 Å². The molecule has 1 N–H and O–H groups in total. The Kier molecular flexibility index (Phi) is 6.13. The molecule has 0 bridgehead atoms. The van der Waals surface area contributed by atoms with Gasteiger partial charge >= 0.3 is 0 Å². The molecular weight excluding hydrogens is 358 g/mol. The second-order valence-electron chi connectivity index (χ2n) is 6.56. The maximum absolute atomic E-state index is 12.3. The maximum Gasteiger partial charge on any atom is 0.271 e. The van der Waals surface area contributed by atoms with E-state index in [1.807, 2.05) is 12.3 Å². The third-order valence-electron chi connectivity index (χ3n) is 4.05. The molecule has 0 aliphatic carbocycles. The van der Waals surface area contributed by atoms with E-state index in [-0.39, 0.29) is 5.91 Å². The number of nitrogens with zero attached hydrogens (tertiary/aromatic N) is 4. The first kappa shape index (κ1) is 19.0. The lowest BCUT2D eigenvalue weighted by atomic mass is 10.1. The van der Waals surface area contributed by atoms with Crippen LogP contribution in [0.3, 0.4) is 0 Å². The molecule has 140 valence electrons. The van der Waals surface area contributed by atoms with Crippen LogP contribution in [0, 0.1) is 0 Å². The van der Waals surface area contributed by atoms with Crippen molar-refractivity contribution in [3.63, 3.8) is 0 Å². The minimum absolute atomic E-state index is 0.171. The Hall–Kier alpha value is -2.80. The number of amides is 1. The number of carbonyl (C=O) groups is 1. The normalized spacial score (nSPS) is 11.6. The summed E-state index contributed by atoms with van der Waals surface area (Å²) in [6, 6.07) is 1.82. The lowest BCUT2D eigenvalue weighted by Gasteiger charge is -2.02. The van der Waals surface area contributed by atoms with Crippen molar-refractivity contribution >= 4 is 22.9 Å². The third kappa shape index (κ3) is 4.89. The monoisotopic (exact) mass is 381 g/mol. The lowest BCUT2D eigenvalue weighted by molar-refractivity contribution is 0.0954. The highest BCUT2D eigenvalue weighted by Gasteiger charge is 2.15. The van der Waals surface area contributed by atoms with Crippen LogP contribution in [0.5, 0.6) is 0 Å². The smallest absolute Gasteiger partial charge is 0.271 e. The minimum atomic E-state index is -0.171. The number of nitrogens with one attached hydrogen (secondary N) is 1. The molecule has 3 aromatic heterocycles. The number of allylic oxidation sites excluding steroid dienone is 3. The summed E-state index contributed by atoms with van der Waals surface area (Å²) < 4.78 is 1.69. The van der Waals surface area contributed by atoms with Crippen LogP contribution in [0.25, 0.3) is 16.2 Å². The fraction of sp³-hybridized carbons (Fsp3) is 0.300. The predicted octanol–water partition coefficient (Wildman–Crippen LogP) is 4.28. The Balaban J connectivity index is 1.60. The molecule has 0 aliphatic heterocycles. The van der Waals surface area contributed by atoms with Gasteiger partial charge in [0.2, 0.25) is 0 Å². The predicted molar refractivity (Wildman–Crippen MR) is 109 cm³/mol. The summed E-state index contributed by atoms with van der Waals surface area (Å²) in [6.45, 7) is 6.80. The van der Waals surface area contributed by atoms with Gasteiger partial charge in [-0.3, -0.25) is 4.79 Å². The average molecular weight is 382 g/mol. The van der Waals surface area contributed by atoms with Gasteiger partial charge < -0.3 is 5.32 Å². The molecule has 0 spiro atoms. The highest BCUT2D eigenvalue weighted by Crippen LogP contribution is 2.26. The molecule has 0 aromatic carbocycles. The standard InChI is InChI=1S/C20H23N5OS/c1-14(2)6-4-7-15(3)8-10-22-19(26)17-13-27-20(24-17)16-12-23-25-11-5-9-21-18(16)25/h5-6,8-9,11-13H,4,7,10H2,1-3H3,(H,22,26)/b15-8+. The highest BCUT2D eigenvalue weighted by atomic mass is 32.1. The SMILES string of the molecule is CC(C)=CCC/C(C)=C/CNC(=O)c1csc(-c2cnn3cccnc23)n1. The van der Waals surface area contributed by atoms with Gasteiger partial charge in [0.25, 0.3) is 5.91 Å². The molecule has 6 nitrogen and oxygen atoms in total. The Bertz CT molecular complexity index is 995. The summed E-state index contributed by atoms with van der Waals surface area (Å²) in [5.74, 6) is -0.171. The van der Waals surface area contributed by atoms with Crippen molar-refractivity contribution in [2.45, 2.75) is 33.6 Å². The Morgan fingerprint density at radius 3 is 2.96 bits per heavy atom. The van der Waals surface area contributed by atoms with E-state index in [4.69, 9.17) is 0 Å². The van der Waals surface area contributed by atoms with Gasteiger partial charge in [-0.1, -0.05) is 23.3 Å². The molecule has 0 atom stereocenters. The molecule has 0 unspecified atom stereocenters. The van der Waals surface area contributed by atoms with E-state index in [1.54, 1.807) is 22.3 Å². The molecule has 0 saturated carbocycles. The van der Waals surface area contributed by atoms with Crippen LogP contribution in [-0.4, -0.2) is 32.0 Å². The summed E-state index contributed by atoms with van der Waals surface area (Å²) >= 11 is 1.42. The largest absolute Gasteiger partial charge is 0.347 e. The summed E-state index contributed by atoms with van der Waals surface area (Å²) in [5.41, 5.74) is 4.57. The van der Waals surface area contributed by atoms with Gasteiger partial charge in [0, 0.05) is 24.3 Å². The number of carbonyl (C=O) groups excluding carboxylic acids is 1. The maximum atomic E-state index is 12.3. The average Bonchev–Trinajstić information content (AvgIpc) is 3.28. The van der Waals surface area contributed by atoms with Crippen molar-refractivity contribution in [3.05, 3.63) is 59.0 Å². The second-order valence-corrected chi connectivity index (χ2v) is 7.42. The van der Waals surface area contributed by atoms with Crippen molar-refractivity contribution in [2.24, 2.45) is 0 Å². The van der Waals surface area contributed by atoms with Crippen molar-refractivity contribution in [2.75, 3.05) is 6.54 Å². The number of hydrogen-bond donors (Lipinski definition) is 1. The Labute approximate surface area is 162 Å². The summed E-state index contributed by atoms with van der Waals surface area (Å²) in [7, 11) is 0. The first-order valence-corrected chi connectivity index (χ1v) is 9.74. The van der Waals surface area contributed by atoms with Gasteiger partial charge in [-0.25, -0.2) is 14.5 Å². The van der Waals surface area contributed by atoms with Gasteiger partial charge in [0.05, 0.1) is 11.8 Å². The first-order valence-electron chi connectivity index (χ1n) is 8.86. The number of rotatable bonds is 7. The molecule has 0 radical (unpaired) electrons. The zero-order valence-electron chi connectivity index (χ0n) is 15.8. The molecule has 3 aromatic rings. The van der Waals surface area contributed by atoms with Crippen molar-refractivity contribution < 1.29 is 4.79 Å². The second kappa shape index (κ2) is 8.73. The number of fused-ring (bicyclic) bond motifs is 1. The number of thiazole rings is 1. The molecule has 7 heteroatoms. The first-order chi connectivity index (χ1) is 13.0. The highest BCUT2D eigenvalue weighted by molar-refractivity contribution is 7.13. The van der Waals surface area contributed by atoms with Crippen molar-refractivity contribution in [3.8, 4) is 10.6 Å². The quantitative estimate of drug-likeness (QED) is 0.620. The lowest BCUT2D eigenvalue weighted by Crippen LogP contribution is -2.23. The van der Waals surface area contributed by atoms with Gasteiger partial charge in [0.1, 0.15) is 10.7 Å². The summed E-state index contributed by atoms with van der Waals surface area (Å²) in [5, 5.41) is 9.67. The molecule has 0 saturated heterocycles. The van der Waals surface area contributed by atoms with Crippen LogP contribution in [-0.2, 0) is 0 Å². The van der Waals surface area contributed by atoms with Gasteiger partial charge in [0.15, 0.2) is 5.65 Å². The molecule has 0 fully saturated rings. The molecule has 3 heterocycles. The van der Waals surface area contributed by atoms with E-state index in [2.05, 4.69) is 53.3 Å². The zero-order chi connectivity index (χ0) is 19.2. The summed E-state index contributed by atoms with van der Waals surface area (Å²) in [6.07, 6.45) is 11.6. The van der Waals surface area contributed by atoms with Crippen molar-refractivity contribution in [1.82, 2.24) is 24.9 Å². The zero-order valence-corrected chi connectivity index (χ0v) is 16.6. The van der Waals surface area contributed by atoms with E-state index in [0.29, 0.717) is 12.2 Å². The third-order valence-corrected chi connectivity index (χ3v) is 4.93. The van der Waals surface area contributed by atoms with Crippen LogP contribution in [0.4, 0.5) is 0 Å². The van der Waals surface area contributed by atoms with Crippen LogP contribution in [0.15, 0.2) is 53.3 Å². The number of hydrogen-bond acceptors (Lipinski definition) is 5. The van der Waals surface area contributed by atoms with Crippen LogP contribution in [0.2, 0.25) is 0 Å². The van der Waals surface area contributed by atoms with Crippen LogP contribution in [0.1, 0.15) is 44.1 Å². The Morgan fingerprint density at radius 2 is 2.15 bits per heavy atom. The van der Waals surface area contributed by atoms with E-state index < -0.39 is 0 Å². The minimum Gasteiger partial charge on any atom is -0.347 e. The topological polar surface area (TPSA) is 72.2 Å². The van der Waals surface area contributed by atoms with E-state index >= 15 is 0 Å². The van der Waals surface area contributed by atoms with Crippen molar-refractivity contribution in [1.29, 1.82) is 0 Å². The van der Waals surface area contributed by atoms with Gasteiger partial charge in [-0.05, 0) is 39.7 Å². The Morgan fingerprint density at radius 1 is 1.30 bits per heavy atom. The molecule has 27 heavy (non-hydrogen) atoms. The fourth-order valence-corrected chi connectivity index (χ4v) is 3.38. The molecule has 0 aliphatic rings. The van der Waals surface area contributed by atoms with E-state index in [1.165, 1.54) is 22.5 Å². The fourth-order valence-electron chi connectivity index (χ4n) is 2.58. The van der Waals surface area contributed by atoms with E-state index in [0.717, 1.165) is 29.1 Å².